The summed E-state index contributed by atoms with van der Waals surface area (Å²) in [5, 5.41) is 8.63. The molecule has 1 aromatic carbocycles. The highest BCUT2D eigenvalue weighted by atomic mass is 32.2. The van der Waals surface area contributed by atoms with Gasteiger partial charge in [0.2, 0.25) is 10.0 Å². The summed E-state index contributed by atoms with van der Waals surface area (Å²) in [5.74, 6) is 0. The van der Waals surface area contributed by atoms with Crippen molar-refractivity contribution in [2.75, 3.05) is 0 Å². The lowest BCUT2D eigenvalue weighted by atomic mass is 10.1. The largest absolute Gasteiger partial charge is 0.326 e. The maximum Gasteiger partial charge on any atom is 0.240 e. The Balaban J connectivity index is 2.12. The predicted octanol–water partition coefficient (Wildman–Crippen LogP) is 1.69. The molecule has 0 aromatic heterocycles. The van der Waals surface area contributed by atoms with E-state index in [0.717, 1.165) is 37.7 Å². The van der Waals surface area contributed by atoms with Crippen molar-refractivity contribution in [3.63, 3.8) is 0 Å². The summed E-state index contributed by atoms with van der Waals surface area (Å²) < 4.78 is 27.5. The lowest BCUT2D eigenvalue weighted by molar-refractivity contribution is 0.456. The quantitative estimate of drug-likeness (QED) is 0.827. The average molecular weight is 307 g/mol. The molecule has 21 heavy (non-hydrogen) atoms. The van der Waals surface area contributed by atoms with Gasteiger partial charge in [0.1, 0.15) is 0 Å². The third-order valence-electron chi connectivity index (χ3n) is 3.89. The molecule has 0 radical (unpaired) electrons. The first-order chi connectivity index (χ1) is 10.0. The fourth-order valence-electron chi connectivity index (χ4n) is 2.63. The van der Waals surface area contributed by atoms with Crippen LogP contribution in [0.25, 0.3) is 0 Å². The van der Waals surface area contributed by atoms with Crippen molar-refractivity contribution in [1.82, 2.24) is 4.72 Å². The first kappa shape index (κ1) is 16.0. The van der Waals surface area contributed by atoms with Crippen molar-refractivity contribution < 1.29 is 8.42 Å². The maximum absolute atomic E-state index is 12.4. The molecule has 0 saturated heterocycles. The number of sulfonamides is 1. The molecule has 1 saturated carbocycles. The van der Waals surface area contributed by atoms with Crippen LogP contribution in [0.5, 0.6) is 0 Å². The highest BCUT2D eigenvalue weighted by Crippen LogP contribution is 2.19. The molecule has 2 unspecified atom stereocenters. The molecule has 1 fully saturated rings. The van der Waals surface area contributed by atoms with E-state index in [9.17, 15) is 8.42 Å². The number of nitrogens with zero attached hydrogens (tertiary/aromatic N) is 1. The van der Waals surface area contributed by atoms with Gasteiger partial charge in [-0.05, 0) is 30.5 Å². The van der Waals surface area contributed by atoms with E-state index in [4.69, 9.17) is 11.0 Å². The van der Waals surface area contributed by atoms with Crippen LogP contribution in [0.1, 0.15) is 37.7 Å². The first-order valence-corrected chi connectivity index (χ1v) is 8.75. The molecular formula is C15H21N3O2S. The summed E-state index contributed by atoms with van der Waals surface area (Å²) in [6.45, 7) is 0. The molecule has 114 valence electrons. The molecule has 6 heteroatoms. The van der Waals surface area contributed by atoms with Gasteiger partial charge in [0.05, 0.1) is 17.4 Å². The van der Waals surface area contributed by atoms with E-state index in [0.29, 0.717) is 0 Å². The van der Waals surface area contributed by atoms with E-state index in [1.54, 1.807) is 12.1 Å². The molecule has 2 atom stereocenters. The second-order valence-corrected chi connectivity index (χ2v) is 7.22. The molecule has 2 rings (SSSR count). The molecule has 0 bridgehead atoms. The van der Waals surface area contributed by atoms with Crippen LogP contribution in [0.4, 0.5) is 0 Å². The fourth-order valence-corrected chi connectivity index (χ4v) is 3.95. The SMILES string of the molecule is N#CCc1ccc(S(=O)(=O)NC2CCCCCC2N)cc1. The Kier molecular flexibility index (Phi) is 5.34. The van der Waals surface area contributed by atoms with E-state index >= 15 is 0 Å². The van der Waals surface area contributed by atoms with E-state index in [-0.39, 0.29) is 23.4 Å². The molecule has 1 aliphatic carbocycles. The Labute approximate surface area is 126 Å². The van der Waals surface area contributed by atoms with Crippen molar-refractivity contribution in [1.29, 1.82) is 5.26 Å². The van der Waals surface area contributed by atoms with Crippen molar-refractivity contribution in [2.45, 2.75) is 55.5 Å². The van der Waals surface area contributed by atoms with Gasteiger partial charge in [-0.2, -0.15) is 5.26 Å². The third kappa shape index (κ3) is 4.27. The van der Waals surface area contributed by atoms with Gasteiger partial charge in [-0.1, -0.05) is 31.4 Å². The number of rotatable bonds is 4. The second kappa shape index (κ2) is 7.03. The van der Waals surface area contributed by atoms with Crippen molar-refractivity contribution in [2.24, 2.45) is 5.73 Å². The van der Waals surface area contributed by atoms with Crippen LogP contribution in [0.15, 0.2) is 29.2 Å². The molecule has 5 nitrogen and oxygen atoms in total. The topological polar surface area (TPSA) is 96.0 Å². The van der Waals surface area contributed by atoms with Gasteiger partial charge < -0.3 is 5.73 Å². The summed E-state index contributed by atoms with van der Waals surface area (Å²) in [4.78, 5) is 0.223. The lowest BCUT2D eigenvalue weighted by Gasteiger charge is -2.22. The monoisotopic (exact) mass is 307 g/mol. The van der Waals surface area contributed by atoms with Crippen molar-refractivity contribution in [3.8, 4) is 6.07 Å². The molecule has 0 aliphatic heterocycles. The van der Waals surface area contributed by atoms with Gasteiger partial charge in [0.15, 0.2) is 0 Å². The van der Waals surface area contributed by atoms with Crippen LogP contribution < -0.4 is 10.5 Å². The Morgan fingerprint density at radius 2 is 1.86 bits per heavy atom. The molecule has 0 spiro atoms. The van der Waals surface area contributed by atoms with Crippen LogP contribution in [-0.2, 0) is 16.4 Å². The summed E-state index contributed by atoms with van der Waals surface area (Å²) in [7, 11) is -3.55. The molecule has 1 aromatic rings. The zero-order valence-corrected chi connectivity index (χ0v) is 12.8. The summed E-state index contributed by atoms with van der Waals surface area (Å²) in [6, 6.07) is 8.14. The Bertz CT molecular complexity index is 605. The number of nitriles is 1. The zero-order chi connectivity index (χ0) is 15.3. The van der Waals surface area contributed by atoms with E-state index in [1.165, 1.54) is 12.1 Å². The number of nitrogens with two attached hydrogens (primary N) is 1. The van der Waals surface area contributed by atoms with Crippen LogP contribution in [-0.4, -0.2) is 20.5 Å². The normalized spacial score (nSPS) is 23.2. The van der Waals surface area contributed by atoms with Crippen LogP contribution in [0, 0.1) is 11.3 Å². The van der Waals surface area contributed by atoms with Gasteiger partial charge in [-0.15, -0.1) is 0 Å². The highest BCUT2D eigenvalue weighted by molar-refractivity contribution is 7.89. The Morgan fingerprint density at radius 3 is 2.52 bits per heavy atom. The molecule has 3 N–H and O–H groups in total. The van der Waals surface area contributed by atoms with E-state index < -0.39 is 10.0 Å². The first-order valence-electron chi connectivity index (χ1n) is 7.27. The Hall–Kier alpha value is -1.42. The van der Waals surface area contributed by atoms with Crippen LogP contribution >= 0.6 is 0 Å². The average Bonchev–Trinajstić information content (AvgIpc) is 2.65. The molecule has 0 heterocycles. The van der Waals surface area contributed by atoms with Gasteiger partial charge in [-0.3, -0.25) is 0 Å². The molecular weight excluding hydrogens is 286 g/mol. The van der Waals surface area contributed by atoms with Crippen molar-refractivity contribution >= 4 is 10.0 Å². The van der Waals surface area contributed by atoms with Gasteiger partial charge >= 0.3 is 0 Å². The fraction of sp³-hybridized carbons (Fsp3) is 0.533. The van der Waals surface area contributed by atoms with Crippen molar-refractivity contribution in [3.05, 3.63) is 29.8 Å². The number of hydrogen-bond acceptors (Lipinski definition) is 4. The molecule has 1 aliphatic rings. The summed E-state index contributed by atoms with van der Waals surface area (Å²) in [6.07, 6.45) is 5.08. The number of benzene rings is 1. The third-order valence-corrected chi connectivity index (χ3v) is 5.40. The predicted molar refractivity (Wildman–Crippen MR) is 80.9 cm³/mol. The maximum atomic E-state index is 12.4. The smallest absolute Gasteiger partial charge is 0.240 e. The number of nitrogens with one attached hydrogen (secondary N) is 1. The minimum absolute atomic E-state index is 0.125. The van der Waals surface area contributed by atoms with Gasteiger partial charge in [0.25, 0.3) is 0 Å². The van der Waals surface area contributed by atoms with E-state index in [2.05, 4.69) is 4.72 Å². The lowest BCUT2D eigenvalue weighted by Crippen LogP contribution is -2.46. The minimum atomic E-state index is -3.55. The highest BCUT2D eigenvalue weighted by Gasteiger charge is 2.26. The second-order valence-electron chi connectivity index (χ2n) is 5.51. The summed E-state index contributed by atoms with van der Waals surface area (Å²) in [5.41, 5.74) is 6.87. The van der Waals surface area contributed by atoms with Crippen LogP contribution in [0.3, 0.4) is 0 Å². The van der Waals surface area contributed by atoms with E-state index in [1.807, 2.05) is 6.07 Å². The minimum Gasteiger partial charge on any atom is -0.326 e. The van der Waals surface area contributed by atoms with Gasteiger partial charge in [0, 0.05) is 12.1 Å². The standard InChI is InChI=1S/C15H21N3O2S/c16-11-10-12-6-8-13(9-7-12)21(19,20)18-15-5-3-1-2-4-14(15)17/h6-9,14-15,18H,1-5,10,17H2. The Morgan fingerprint density at radius 1 is 1.19 bits per heavy atom. The zero-order valence-electron chi connectivity index (χ0n) is 12.0. The number of hydrogen-bond donors (Lipinski definition) is 2. The summed E-state index contributed by atoms with van der Waals surface area (Å²) >= 11 is 0. The van der Waals surface area contributed by atoms with Gasteiger partial charge in [-0.25, -0.2) is 13.1 Å². The van der Waals surface area contributed by atoms with Crippen LogP contribution in [0.2, 0.25) is 0 Å². The molecule has 0 amide bonds.